The Bertz CT molecular complexity index is 1420. The van der Waals surface area contributed by atoms with Gasteiger partial charge >= 0.3 is 0 Å². The lowest BCUT2D eigenvalue weighted by Gasteiger charge is -2.33. The van der Waals surface area contributed by atoms with E-state index >= 15 is 0 Å². The van der Waals surface area contributed by atoms with E-state index in [0.717, 1.165) is 34.2 Å². The molecule has 0 saturated heterocycles. The van der Waals surface area contributed by atoms with Crippen LogP contribution < -0.4 is 9.62 Å². The second-order valence-electron chi connectivity index (χ2n) is 11.3. The maximum atomic E-state index is 14.0. The van der Waals surface area contributed by atoms with E-state index in [4.69, 9.17) is 0 Å². The van der Waals surface area contributed by atoms with Crippen LogP contribution in [0.5, 0.6) is 0 Å². The van der Waals surface area contributed by atoms with Crippen LogP contribution >= 0.6 is 0 Å². The van der Waals surface area contributed by atoms with Gasteiger partial charge in [-0.15, -0.1) is 0 Å². The fourth-order valence-electron chi connectivity index (χ4n) is 4.98. The van der Waals surface area contributed by atoms with Crippen LogP contribution in [0.4, 0.5) is 5.69 Å². The molecule has 0 spiro atoms. The lowest BCUT2D eigenvalue weighted by molar-refractivity contribution is -0.141. The molecule has 3 aromatic rings. The minimum atomic E-state index is -3.56. The van der Waals surface area contributed by atoms with Crippen molar-refractivity contribution in [2.24, 2.45) is 0 Å². The van der Waals surface area contributed by atoms with Crippen LogP contribution in [-0.2, 0) is 32.6 Å². The summed E-state index contributed by atoms with van der Waals surface area (Å²) >= 11 is 0. The zero-order valence-electron chi connectivity index (χ0n) is 25.8. The number of nitrogens with zero attached hydrogens (tertiary/aromatic N) is 2. The highest BCUT2D eigenvalue weighted by Gasteiger charge is 2.31. The standard InChI is InChI=1S/C34H45N3O4S/c1-7-28(5)35-34(39)32(23-29-12-9-8-10-13-29)36(24-30-17-15-25(2)16-18-30)33(38)14-11-19-37(42(6,40)41)31-21-26(3)20-27(4)22-31/h8-10,12-13,15-18,20-22,28,32H,7,11,14,19,23-24H2,1-6H3,(H,35,39). The molecule has 0 saturated carbocycles. The number of sulfonamides is 1. The third-order valence-corrected chi connectivity index (χ3v) is 8.59. The number of anilines is 1. The Kier molecular flexibility index (Phi) is 11.7. The molecule has 0 fully saturated rings. The van der Waals surface area contributed by atoms with Crippen LogP contribution in [0.1, 0.15) is 60.9 Å². The molecule has 0 bridgehead atoms. The summed E-state index contributed by atoms with van der Waals surface area (Å²) in [5.41, 5.74) is 5.52. The Labute approximate surface area is 252 Å². The molecule has 42 heavy (non-hydrogen) atoms. The fourth-order valence-corrected chi connectivity index (χ4v) is 5.93. The molecule has 7 nitrogen and oxygen atoms in total. The van der Waals surface area contributed by atoms with Crippen molar-refractivity contribution in [1.82, 2.24) is 10.2 Å². The molecule has 1 N–H and O–H groups in total. The molecule has 0 aliphatic heterocycles. The van der Waals surface area contributed by atoms with Crippen molar-refractivity contribution in [1.29, 1.82) is 0 Å². The number of carbonyl (C=O) groups excluding carboxylic acids is 2. The molecule has 0 aliphatic rings. The Hall–Kier alpha value is -3.65. The topological polar surface area (TPSA) is 86.8 Å². The van der Waals surface area contributed by atoms with Crippen LogP contribution in [-0.4, -0.2) is 50.0 Å². The number of rotatable bonds is 14. The van der Waals surface area contributed by atoms with Crippen molar-refractivity contribution < 1.29 is 18.0 Å². The average Bonchev–Trinajstić information content (AvgIpc) is 2.93. The van der Waals surface area contributed by atoms with Gasteiger partial charge in [0, 0.05) is 32.0 Å². The first-order valence-corrected chi connectivity index (χ1v) is 16.5. The van der Waals surface area contributed by atoms with Crippen LogP contribution in [0.15, 0.2) is 72.8 Å². The molecular formula is C34H45N3O4S. The Morgan fingerprint density at radius 2 is 1.48 bits per heavy atom. The minimum Gasteiger partial charge on any atom is -0.352 e. The number of hydrogen-bond acceptors (Lipinski definition) is 4. The molecule has 3 rings (SSSR count). The summed E-state index contributed by atoms with van der Waals surface area (Å²) in [6.07, 6.45) is 2.75. The predicted molar refractivity (Wildman–Crippen MR) is 171 cm³/mol. The van der Waals surface area contributed by atoms with E-state index in [2.05, 4.69) is 5.32 Å². The maximum Gasteiger partial charge on any atom is 0.243 e. The summed E-state index contributed by atoms with van der Waals surface area (Å²) in [5, 5.41) is 3.09. The van der Waals surface area contributed by atoms with Gasteiger partial charge in [-0.2, -0.15) is 0 Å². The third-order valence-electron chi connectivity index (χ3n) is 7.39. The van der Waals surface area contributed by atoms with Gasteiger partial charge in [-0.3, -0.25) is 13.9 Å². The third kappa shape index (κ3) is 9.72. The van der Waals surface area contributed by atoms with Gasteiger partial charge in [0.1, 0.15) is 6.04 Å². The number of amides is 2. The van der Waals surface area contributed by atoms with Crippen LogP contribution in [0.25, 0.3) is 0 Å². The highest BCUT2D eigenvalue weighted by Crippen LogP contribution is 2.23. The number of hydrogen-bond donors (Lipinski definition) is 1. The molecule has 3 aromatic carbocycles. The van der Waals surface area contributed by atoms with Crippen molar-refractivity contribution in [2.45, 2.75) is 78.9 Å². The average molecular weight is 592 g/mol. The Balaban J connectivity index is 1.90. The van der Waals surface area contributed by atoms with Crippen LogP contribution in [0.2, 0.25) is 0 Å². The van der Waals surface area contributed by atoms with E-state index in [1.165, 1.54) is 10.6 Å². The maximum absolute atomic E-state index is 14.0. The van der Waals surface area contributed by atoms with Gasteiger partial charge in [-0.25, -0.2) is 8.42 Å². The van der Waals surface area contributed by atoms with Crippen LogP contribution in [0, 0.1) is 20.8 Å². The second-order valence-corrected chi connectivity index (χ2v) is 13.2. The predicted octanol–water partition coefficient (Wildman–Crippen LogP) is 5.71. The zero-order chi connectivity index (χ0) is 30.9. The monoisotopic (exact) mass is 591 g/mol. The number of benzene rings is 3. The number of nitrogens with one attached hydrogen (secondary N) is 1. The molecule has 0 aliphatic carbocycles. The molecule has 226 valence electrons. The largest absolute Gasteiger partial charge is 0.352 e. The lowest BCUT2D eigenvalue weighted by atomic mass is 10.0. The first kappa shape index (κ1) is 32.9. The number of carbonyl (C=O) groups is 2. The quantitative estimate of drug-likeness (QED) is 0.260. The summed E-state index contributed by atoms with van der Waals surface area (Å²) in [4.78, 5) is 29.3. The van der Waals surface area contributed by atoms with Crippen molar-refractivity contribution >= 4 is 27.5 Å². The highest BCUT2D eigenvalue weighted by atomic mass is 32.2. The zero-order valence-corrected chi connectivity index (χ0v) is 26.6. The first-order chi connectivity index (χ1) is 19.9. The summed E-state index contributed by atoms with van der Waals surface area (Å²) in [6, 6.07) is 22.6. The number of aryl methyl sites for hydroxylation is 3. The van der Waals surface area contributed by atoms with Gasteiger partial charge in [0.2, 0.25) is 21.8 Å². The SMILES string of the molecule is CCC(C)NC(=O)C(Cc1ccccc1)N(Cc1ccc(C)cc1)C(=O)CCCN(c1cc(C)cc(C)c1)S(C)(=O)=O. The second kappa shape index (κ2) is 15.0. The van der Waals surface area contributed by atoms with E-state index in [9.17, 15) is 18.0 Å². The molecule has 2 amide bonds. The van der Waals surface area contributed by atoms with Gasteiger partial charge < -0.3 is 10.2 Å². The van der Waals surface area contributed by atoms with E-state index in [1.807, 2.05) is 107 Å². The molecular weight excluding hydrogens is 546 g/mol. The summed E-state index contributed by atoms with van der Waals surface area (Å²) in [5.74, 6) is -0.383. The summed E-state index contributed by atoms with van der Waals surface area (Å²) < 4.78 is 26.8. The molecule has 0 aromatic heterocycles. The normalized spacial score (nSPS) is 12.8. The van der Waals surface area contributed by atoms with E-state index in [0.29, 0.717) is 18.5 Å². The van der Waals surface area contributed by atoms with Crippen molar-refractivity contribution in [3.63, 3.8) is 0 Å². The van der Waals surface area contributed by atoms with Gasteiger partial charge in [0.25, 0.3) is 0 Å². The van der Waals surface area contributed by atoms with Crippen LogP contribution in [0.3, 0.4) is 0 Å². The lowest BCUT2D eigenvalue weighted by Crippen LogP contribution is -2.52. The minimum absolute atomic E-state index is 0.0341. The van der Waals surface area contributed by atoms with E-state index in [1.54, 1.807) is 4.90 Å². The van der Waals surface area contributed by atoms with Gasteiger partial charge in [-0.1, -0.05) is 73.2 Å². The highest BCUT2D eigenvalue weighted by molar-refractivity contribution is 7.92. The van der Waals surface area contributed by atoms with Gasteiger partial charge in [0.15, 0.2) is 0 Å². The van der Waals surface area contributed by atoms with Gasteiger partial charge in [-0.05, 0) is 74.9 Å². The molecule has 0 radical (unpaired) electrons. The van der Waals surface area contributed by atoms with Gasteiger partial charge in [0.05, 0.1) is 11.9 Å². The fraction of sp³-hybridized carbons (Fsp3) is 0.412. The van der Waals surface area contributed by atoms with E-state index in [-0.39, 0.29) is 37.4 Å². The Morgan fingerprint density at radius 1 is 0.857 bits per heavy atom. The van der Waals surface area contributed by atoms with Crippen molar-refractivity contribution in [2.75, 3.05) is 17.1 Å². The first-order valence-electron chi connectivity index (χ1n) is 14.6. The van der Waals surface area contributed by atoms with Crippen molar-refractivity contribution in [3.05, 3.63) is 101 Å². The van der Waals surface area contributed by atoms with Crippen molar-refractivity contribution in [3.8, 4) is 0 Å². The smallest absolute Gasteiger partial charge is 0.243 e. The summed E-state index contributed by atoms with van der Waals surface area (Å²) in [7, 11) is -3.56. The molecule has 0 heterocycles. The molecule has 8 heteroatoms. The molecule has 2 atom stereocenters. The summed E-state index contributed by atoms with van der Waals surface area (Å²) in [6.45, 7) is 10.3. The van der Waals surface area contributed by atoms with E-state index < -0.39 is 16.1 Å². The Morgan fingerprint density at radius 3 is 2.05 bits per heavy atom. The molecule has 2 unspecified atom stereocenters.